The van der Waals surface area contributed by atoms with Gasteiger partial charge in [0, 0.05) is 0 Å². The van der Waals surface area contributed by atoms with Crippen LogP contribution in [0.15, 0.2) is 12.5 Å². The van der Waals surface area contributed by atoms with Crippen LogP contribution in [0, 0.1) is 0 Å². The molecule has 0 saturated carbocycles. The van der Waals surface area contributed by atoms with Crippen LogP contribution < -0.4 is 15.4 Å². The van der Waals surface area contributed by atoms with E-state index in [1.165, 1.54) is 19.6 Å². The van der Waals surface area contributed by atoms with Crippen molar-refractivity contribution in [1.29, 1.82) is 0 Å². The van der Waals surface area contributed by atoms with Crippen molar-refractivity contribution in [2.75, 3.05) is 26.0 Å². The SMILES string of the molecule is CNCC(=O)Nc1cncnc1OC.Cl. The highest BCUT2D eigenvalue weighted by Gasteiger charge is 2.06. The summed E-state index contributed by atoms with van der Waals surface area (Å²) >= 11 is 0. The number of carbonyl (C=O) groups excluding carboxylic acids is 1. The van der Waals surface area contributed by atoms with Crippen molar-refractivity contribution in [1.82, 2.24) is 15.3 Å². The Hall–Kier alpha value is -1.40. The normalized spacial score (nSPS) is 8.93. The molecule has 84 valence electrons. The lowest BCUT2D eigenvalue weighted by molar-refractivity contribution is -0.115. The van der Waals surface area contributed by atoms with Crippen molar-refractivity contribution >= 4 is 24.0 Å². The van der Waals surface area contributed by atoms with Crippen LogP contribution in [0.4, 0.5) is 5.69 Å². The Labute approximate surface area is 93.9 Å². The molecule has 0 aromatic carbocycles. The number of hydrogen-bond acceptors (Lipinski definition) is 5. The molecule has 0 unspecified atom stereocenters. The minimum atomic E-state index is -0.166. The molecule has 7 heteroatoms. The molecule has 1 rings (SSSR count). The average Bonchev–Trinajstić information content (AvgIpc) is 2.19. The maximum absolute atomic E-state index is 11.2. The molecule has 0 aliphatic rings. The third kappa shape index (κ3) is 4.09. The molecule has 0 atom stereocenters. The van der Waals surface area contributed by atoms with E-state index in [0.29, 0.717) is 11.6 Å². The largest absolute Gasteiger partial charge is 0.479 e. The Morgan fingerprint density at radius 2 is 2.33 bits per heavy atom. The predicted molar refractivity (Wildman–Crippen MR) is 58.4 cm³/mol. The Bertz CT molecular complexity index is 321. The first kappa shape index (κ1) is 13.6. The van der Waals surface area contributed by atoms with Gasteiger partial charge in [0.25, 0.3) is 0 Å². The molecule has 0 fully saturated rings. The molecule has 1 aromatic rings. The first-order valence-corrected chi connectivity index (χ1v) is 4.06. The van der Waals surface area contributed by atoms with Gasteiger partial charge in [-0.05, 0) is 7.05 Å². The van der Waals surface area contributed by atoms with Crippen molar-refractivity contribution in [3.05, 3.63) is 12.5 Å². The maximum atomic E-state index is 11.2. The molecule has 0 radical (unpaired) electrons. The second-order valence-corrected chi connectivity index (χ2v) is 2.52. The topological polar surface area (TPSA) is 76.1 Å². The number of anilines is 1. The third-order valence-electron chi connectivity index (χ3n) is 1.48. The number of carbonyl (C=O) groups is 1. The molecule has 0 saturated heterocycles. The summed E-state index contributed by atoms with van der Waals surface area (Å²) in [6, 6.07) is 0. The predicted octanol–water partition coefficient (Wildman–Crippen LogP) is 0.0649. The molecule has 1 aromatic heterocycles. The second kappa shape index (κ2) is 6.97. The Morgan fingerprint density at radius 3 is 2.93 bits per heavy atom. The van der Waals surface area contributed by atoms with Gasteiger partial charge in [-0.1, -0.05) is 0 Å². The molecule has 1 heterocycles. The van der Waals surface area contributed by atoms with Crippen molar-refractivity contribution in [2.45, 2.75) is 0 Å². The van der Waals surface area contributed by atoms with E-state index >= 15 is 0 Å². The van der Waals surface area contributed by atoms with Crippen LogP contribution in [0.25, 0.3) is 0 Å². The molecule has 2 N–H and O–H groups in total. The van der Waals surface area contributed by atoms with Crippen LogP contribution in [0.2, 0.25) is 0 Å². The summed E-state index contributed by atoms with van der Waals surface area (Å²) in [6.45, 7) is 0.234. The van der Waals surface area contributed by atoms with Crippen molar-refractivity contribution in [3.8, 4) is 5.88 Å². The highest BCUT2D eigenvalue weighted by atomic mass is 35.5. The minimum Gasteiger partial charge on any atom is -0.479 e. The summed E-state index contributed by atoms with van der Waals surface area (Å²) in [6.07, 6.45) is 2.84. The fraction of sp³-hybridized carbons (Fsp3) is 0.375. The molecular formula is C8H13ClN4O2. The number of ether oxygens (including phenoxy) is 1. The van der Waals surface area contributed by atoms with Crippen LogP contribution in [-0.2, 0) is 4.79 Å². The Kier molecular flexibility index (Phi) is 6.32. The van der Waals surface area contributed by atoms with Crippen LogP contribution >= 0.6 is 12.4 Å². The molecule has 0 spiro atoms. The molecule has 0 bridgehead atoms. The quantitative estimate of drug-likeness (QED) is 0.768. The summed E-state index contributed by atoms with van der Waals surface area (Å²) < 4.78 is 4.94. The van der Waals surface area contributed by atoms with E-state index in [9.17, 15) is 4.79 Å². The van der Waals surface area contributed by atoms with Crippen LogP contribution in [0.5, 0.6) is 5.88 Å². The number of aromatic nitrogens is 2. The fourth-order valence-electron chi connectivity index (χ4n) is 0.922. The highest BCUT2D eigenvalue weighted by molar-refractivity contribution is 5.93. The summed E-state index contributed by atoms with van der Waals surface area (Å²) in [7, 11) is 3.17. The van der Waals surface area contributed by atoms with Gasteiger partial charge in [0.05, 0.1) is 19.9 Å². The van der Waals surface area contributed by atoms with Gasteiger partial charge >= 0.3 is 0 Å². The summed E-state index contributed by atoms with van der Waals surface area (Å²) in [5.41, 5.74) is 0.468. The van der Waals surface area contributed by atoms with E-state index in [0.717, 1.165) is 0 Å². The van der Waals surface area contributed by atoms with Gasteiger partial charge in [0.1, 0.15) is 12.0 Å². The lowest BCUT2D eigenvalue weighted by atomic mass is 10.4. The van der Waals surface area contributed by atoms with Gasteiger partial charge in [0.15, 0.2) is 0 Å². The van der Waals surface area contributed by atoms with E-state index in [-0.39, 0.29) is 24.9 Å². The number of nitrogens with zero attached hydrogens (tertiary/aromatic N) is 2. The first-order valence-electron chi connectivity index (χ1n) is 4.06. The van der Waals surface area contributed by atoms with Gasteiger partial charge in [-0.25, -0.2) is 4.98 Å². The smallest absolute Gasteiger partial charge is 0.240 e. The van der Waals surface area contributed by atoms with Gasteiger partial charge in [0.2, 0.25) is 11.8 Å². The first-order chi connectivity index (χ1) is 6.77. The number of amides is 1. The second-order valence-electron chi connectivity index (χ2n) is 2.52. The monoisotopic (exact) mass is 232 g/mol. The maximum Gasteiger partial charge on any atom is 0.240 e. The number of methoxy groups -OCH3 is 1. The van der Waals surface area contributed by atoms with Crippen molar-refractivity contribution in [2.24, 2.45) is 0 Å². The highest BCUT2D eigenvalue weighted by Crippen LogP contribution is 2.17. The molecule has 0 aliphatic heterocycles. The van der Waals surface area contributed by atoms with Crippen LogP contribution in [-0.4, -0.2) is 36.6 Å². The van der Waals surface area contributed by atoms with E-state index in [1.807, 2.05) is 0 Å². The lowest BCUT2D eigenvalue weighted by Crippen LogP contribution is -2.25. The number of hydrogen-bond donors (Lipinski definition) is 2. The van der Waals surface area contributed by atoms with Gasteiger partial charge in [-0.2, -0.15) is 4.98 Å². The standard InChI is InChI=1S/C8H12N4O2.ClH/c1-9-4-7(13)12-6-3-10-5-11-8(6)14-2;/h3,5,9H,4H2,1-2H3,(H,12,13);1H. The molecule has 1 amide bonds. The molecule has 0 aliphatic carbocycles. The number of likely N-dealkylation sites (N-methyl/N-ethyl adjacent to an activating group) is 1. The van der Waals surface area contributed by atoms with Crippen molar-refractivity contribution in [3.63, 3.8) is 0 Å². The number of halogens is 1. The molecular weight excluding hydrogens is 220 g/mol. The fourth-order valence-corrected chi connectivity index (χ4v) is 0.922. The zero-order valence-electron chi connectivity index (χ0n) is 8.48. The van der Waals surface area contributed by atoms with Gasteiger partial charge in [-0.3, -0.25) is 4.79 Å². The lowest BCUT2D eigenvalue weighted by Gasteiger charge is -2.07. The van der Waals surface area contributed by atoms with E-state index in [1.54, 1.807) is 7.05 Å². The summed E-state index contributed by atoms with van der Waals surface area (Å²) in [4.78, 5) is 18.8. The number of rotatable bonds is 4. The van der Waals surface area contributed by atoms with Gasteiger partial charge < -0.3 is 15.4 Å². The van der Waals surface area contributed by atoms with E-state index in [2.05, 4.69) is 20.6 Å². The zero-order chi connectivity index (χ0) is 10.4. The molecule has 15 heavy (non-hydrogen) atoms. The van der Waals surface area contributed by atoms with Crippen LogP contribution in [0.3, 0.4) is 0 Å². The summed E-state index contributed by atoms with van der Waals surface area (Å²) in [5, 5.41) is 5.34. The summed E-state index contributed by atoms with van der Waals surface area (Å²) in [5.74, 6) is 0.185. The van der Waals surface area contributed by atoms with E-state index < -0.39 is 0 Å². The zero-order valence-corrected chi connectivity index (χ0v) is 9.30. The Morgan fingerprint density at radius 1 is 1.60 bits per heavy atom. The average molecular weight is 233 g/mol. The molecule has 6 nitrogen and oxygen atoms in total. The number of nitrogens with one attached hydrogen (secondary N) is 2. The van der Waals surface area contributed by atoms with E-state index in [4.69, 9.17) is 4.74 Å². The van der Waals surface area contributed by atoms with Crippen LogP contribution in [0.1, 0.15) is 0 Å². The third-order valence-corrected chi connectivity index (χ3v) is 1.48. The van der Waals surface area contributed by atoms with Gasteiger partial charge in [-0.15, -0.1) is 12.4 Å². The minimum absolute atomic E-state index is 0. The van der Waals surface area contributed by atoms with Crippen molar-refractivity contribution < 1.29 is 9.53 Å². The Balaban J connectivity index is 0.00000196.